The second kappa shape index (κ2) is 5.59. The zero-order chi connectivity index (χ0) is 13.1. The van der Waals surface area contributed by atoms with Gasteiger partial charge in [-0.1, -0.05) is 28.8 Å². The molecule has 1 aromatic carbocycles. The fourth-order valence-corrected chi connectivity index (χ4v) is 1.79. The van der Waals surface area contributed by atoms with Crippen LogP contribution in [-0.2, 0) is 0 Å². The quantitative estimate of drug-likeness (QED) is 0.856. The molecule has 2 atom stereocenters. The fourth-order valence-electron chi connectivity index (χ4n) is 1.50. The summed E-state index contributed by atoms with van der Waals surface area (Å²) in [4.78, 5) is 0. The maximum Gasteiger partial charge on any atom is 0.315 e. The molecular weight excluding hydrogens is 273 g/mol. The first-order valence-electron chi connectivity index (χ1n) is 5.55. The predicted octanol–water partition coefficient (Wildman–Crippen LogP) is 4.20. The molecule has 0 aliphatic heterocycles. The van der Waals surface area contributed by atoms with E-state index in [0.717, 1.165) is 5.56 Å². The zero-order valence-electron chi connectivity index (χ0n) is 10.0. The summed E-state index contributed by atoms with van der Waals surface area (Å²) in [5, 5.41) is 11.2. The van der Waals surface area contributed by atoms with Crippen LogP contribution in [0.4, 0.5) is 6.01 Å². The molecule has 96 valence electrons. The summed E-state index contributed by atoms with van der Waals surface area (Å²) in [6.45, 7) is 3.76. The fraction of sp³-hybridized carbons (Fsp3) is 0.333. The van der Waals surface area contributed by atoms with Crippen LogP contribution in [0.2, 0.25) is 5.02 Å². The Morgan fingerprint density at radius 3 is 2.67 bits per heavy atom. The third kappa shape index (κ3) is 3.15. The molecule has 1 N–H and O–H groups in total. The average Bonchev–Trinajstić information content (AvgIpc) is 2.77. The normalized spacial score (nSPS) is 14.2. The molecule has 18 heavy (non-hydrogen) atoms. The van der Waals surface area contributed by atoms with E-state index in [1.165, 1.54) is 0 Å². The Balaban J connectivity index is 2.08. The SMILES string of the molecule is CC(Cl)c1nnc(NC(C)c2cccc(Cl)c2)o1. The van der Waals surface area contributed by atoms with Gasteiger partial charge >= 0.3 is 6.01 Å². The van der Waals surface area contributed by atoms with Crippen LogP contribution >= 0.6 is 23.2 Å². The van der Waals surface area contributed by atoms with Crippen molar-refractivity contribution in [2.75, 3.05) is 5.32 Å². The third-order valence-electron chi connectivity index (χ3n) is 2.47. The molecule has 2 aromatic rings. The molecule has 0 amide bonds. The zero-order valence-corrected chi connectivity index (χ0v) is 11.5. The van der Waals surface area contributed by atoms with Crippen molar-refractivity contribution in [2.45, 2.75) is 25.3 Å². The van der Waals surface area contributed by atoms with Gasteiger partial charge in [-0.2, -0.15) is 0 Å². The van der Waals surface area contributed by atoms with Crippen molar-refractivity contribution < 1.29 is 4.42 Å². The van der Waals surface area contributed by atoms with Gasteiger partial charge in [0.15, 0.2) is 0 Å². The number of nitrogens with zero attached hydrogens (tertiary/aromatic N) is 2. The van der Waals surface area contributed by atoms with E-state index in [-0.39, 0.29) is 11.4 Å². The molecule has 0 spiro atoms. The molecule has 0 aliphatic carbocycles. The van der Waals surface area contributed by atoms with E-state index >= 15 is 0 Å². The number of hydrogen-bond donors (Lipinski definition) is 1. The van der Waals surface area contributed by atoms with E-state index < -0.39 is 0 Å². The third-order valence-corrected chi connectivity index (χ3v) is 2.89. The first-order chi connectivity index (χ1) is 8.56. The number of halogens is 2. The lowest BCUT2D eigenvalue weighted by molar-refractivity contribution is 0.502. The Labute approximate surface area is 115 Å². The van der Waals surface area contributed by atoms with E-state index in [9.17, 15) is 0 Å². The minimum absolute atomic E-state index is 0.0163. The van der Waals surface area contributed by atoms with Crippen LogP contribution < -0.4 is 5.32 Å². The molecule has 0 aliphatic rings. The topological polar surface area (TPSA) is 51.0 Å². The van der Waals surface area contributed by atoms with Crippen molar-refractivity contribution >= 4 is 29.2 Å². The number of aromatic nitrogens is 2. The Morgan fingerprint density at radius 2 is 2.06 bits per heavy atom. The van der Waals surface area contributed by atoms with Gasteiger partial charge in [-0.3, -0.25) is 0 Å². The van der Waals surface area contributed by atoms with Crippen LogP contribution in [-0.4, -0.2) is 10.2 Å². The van der Waals surface area contributed by atoms with Gasteiger partial charge in [-0.15, -0.1) is 16.7 Å². The van der Waals surface area contributed by atoms with Crippen LogP contribution in [0, 0.1) is 0 Å². The van der Waals surface area contributed by atoms with Crippen LogP contribution in [0.25, 0.3) is 0 Å². The van der Waals surface area contributed by atoms with Crippen molar-refractivity contribution in [1.29, 1.82) is 0 Å². The van der Waals surface area contributed by atoms with E-state index in [0.29, 0.717) is 16.9 Å². The molecule has 0 bridgehead atoms. The van der Waals surface area contributed by atoms with Gasteiger partial charge in [0, 0.05) is 5.02 Å². The molecular formula is C12H13Cl2N3O. The van der Waals surface area contributed by atoms with Crippen molar-refractivity contribution in [3.8, 4) is 0 Å². The molecule has 2 rings (SSSR count). The summed E-state index contributed by atoms with van der Waals surface area (Å²) in [5.41, 5.74) is 1.04. The van der Waals surface area contributed by atoms with Gasteiger partial charge in [0.2, 0.25) is 5.89 Å². The summed E-state index contributed by atoms with van der Waals surface area (Å²) < 4.78 is 5.37. The van der Waals surface area contributed by atoms with Crippen LogP contribution in [0.3, 0.4) is 0 Å². The molecule has 4 nitrogen and oxygen atoms in total. The van der Waals surface area contributed by atoms with E-state index in [2.05, 4.69) is 15.5 Å². The summed E-state index contributed by atoms with van der Waals surface area (Å²) in [5.74, 6) is 0.400. The molecule has 1 heterocycles. The summed E-state index contributed by atoms with van der Waals surface area (Å²) in [6, 6.07) is 7.96. The molecule has 0 saturated carbocycles. The second-order valence-corrected chi connectivity index (χ2v) is 5.07. The highest BCUT2D eigenvalue weighted by molar-refractivity contribution is 6.30. The average molecular weight is 286 g/mol. The molecule has 0 saturated heterocycles. The number of alkyl halides is 1. The molecule has 1 aromatic heterocycles. The van der Waals surface area contributed by atoms with Crippen molar-refractivity contribution in [3.05, 3.63) is 40.7 Å². The Kier molecular flexibility index (Phi) is 4.09. The van der Waals surface area contributed by atoms with Gasteiger partial charge in [0.1, 0.15) is 5.38 Å². The van der Waals surface area contributed by atoms with Crippen LogP contribution in [0.5, 0.6) is 0 Å². The highest BCUT2D eigenvalue weighted by Gasteiger charge is 2.13. The van der Waals surface area contributed by atoms with Gasteiger partial charge in [-0.25, -0.2) is 0 Å². The number of rotatable bonds is 4. The Morgan fingerprint density at radius 1 is 1.28 bits per heavy atom. The van der Waals surface area contributed by atoms with E-state index in [1.54, 1.807) is 6.92 Å². The maximum absolute atomic E-state index is 5.94. The minimum atomic E-state index is -0.297. The van der Waals surface area contributed by atoms with E-state index in [4.69, 9.17) is 27.6 Å². The van der Waals surface area contributed by atoms with Crippen LogP contribution in [0.15, 0.2) is 28.7 Å². The van der Waals surface area contributed by atoms with Gasteiger partial charge in [-0.05, 0) is 31.5 Å². The van der Waals surface area contributed by atoms with Crippen molar-refractivity contribution in [1.82, 2.24) is 10.2 Å². The molecule has 6 heteroatoms. The van der Waals surface area contributed by atoms with Gasteiger partial charge < -0.3 is 9.73 Å². The molecule has 0 radical (unpaired) electrons. The number of nitrogens with one attached hydrogen (secondary N) is 1. The molecule has 0 fully saturated rings. The van der Waals surface area contributed by atoms with Gasteiger partial charge in [0.05, 0.1) is 6.04 Å². The largest absolute Gasteiger partial charge is 0.406 e. The molecule has 2 unspecified atom stereocenters. The standard InChI is InChI=1S/C12H13Cl2N3O/c1-7(13)11-16-17-12(18-11)15-8(2)9-4-3-5-10(14)6-9/h3-8H,1-2H3,(H,15,17). The number of anilines is 1. The van der Waals surface area contributed by atoms with E-state index in [1.807, 2.05) is 31.2 Å². The smallest absolute Gasteiger partial charge is 0.315 e. The predicted molar refractivity (Wildman–Crippen MR) is 72.1 cm³/mol. The first kappa shape index (κ1) is 13.2. The number of hydrogen-bond acceptors (Lipinski definition) is 4. The highest BCUT2D eigenvalue weighted by atomic mass is 35.5. The van der Waals surface area contributed by atoms with Gasteiger partial charge in [0.25, 0.3) is 0 Å². The monoisotopic (exact) mass is 285 g/mol. The Hall–Kier alpha value is -1.26. The summed E-state index contributed by atoms with van der Waals surface area (Å²) in [6.07, 6.45) is 0. The van der Waals surface area contributed by atoms with Crippen LogP contribution in [0.1, 0.15) is 36.7 Å². The summed E-state index contributed by atoms with van der Waals surface area (Å²) >= 11 is 11.8. The lowest BCUT2D eigenvalue weighted by atomic mass is 10.1. The lowest BCUT2D eigenvalue weighted by Gasteiger charge is -2.12. The van der Waals surface area contributed by atoms with Crippen molar-refractivity contribution in [2.24, 2.45) is 0 Å². The lowest BCUT2D eigenvalue weighted by Crippen LogP contribution is -2.06. The number of benzene rings is 1. The second-order valence-electron chi connectivity index (χ2n) is 3.98. The highest BCUT2D eigenvalue weighted by Crippen LogP contribution is 2.23. The summed E-state index contributed by atoms with van der Waals surface area (Å²) in [7, 11) is 0. The minimum Gasteiger partial charge on any atom is -0.406 e. The maximum atomic E-state index is 5.94. The first-order valence-corrected chi connectivity index (χ1v) is 6.37. The Bertz CT molecular complexity index is 528. The van der Waals surface area contributed by atoms with Crippen molar-refractivity contribution in [3.63, 3.8) is 0 Å².